The van der Waals surface area contributed by atoms with Gasteiger partial charge in [-0.05, 0) is 42.7 Å². The first-order valence-corrected chi connectivity index (χ1v) is 9.18. The Kier molecular flexibility index (Phi) is 5.54. The predicted octanol–water partition coefficient (Wildman–Crippen LogP) is 3.45. The molecule has 24 heavy (non-hydrogen) atoms. The van der Waals surface area contributed by atoms with Gasteiger partial charge in [0.2, 0.25) is 5.91 Å². The Balaban J connectivity index is 1.41. The van der Waals surface area contributed by atoms with E-state index in [4.69, 9.17) is 0 Å². The molecule has 1 saturated carbocycles. The van der Waals surface area contributed by atoms with Crippen LogP contribution in [0.2, 0.25) is 0 Å². The molecular formula is C19H20N2O2S. The summed E-state index contributed by atoms with van der Waals surface area (Å²) < 4.78 is 0. The summed E-state index contributed by atoms with van der Waals surface area (Å²) in [6.07, 6.45) is 2.18. The van der Waals surface area contributed by atoms with Gasteiger partial charge in [0.15, 0.2) is 0 Å². The summed E-state index contributed by atoms with van der Waals surface area (Å²) in [6, 6.07) is 17.4. The Labute approximate surface area is 146 Å². The van der Waals surface area contributed by atoms with E-state index in [1.54, 1.807) is 11.8 Å². The van der Waals surface area contributed by atoms with Crippen LogP contribution in [0.5, 0.6) is 0 Å². The number of rotatable bonds is 7. The average molecular weight is 340 g/mol. The summed E-state index contributed by atoms with van der Waals surface area (Å²) >= 11 is 1.56. The third-order valence-electron chi connectivity index (χ3n) is 3.69. The second kappa shape index (κ2) is 8.02. The molecule has 1 aliphatic carbocycles. The van der Waals surface area contributed by atoms with Crippen molar-refractivity contribution in [3.8, 4) is 0 Å². The number of carbonyl (C=O) groups is 2. The third-order valence-corrected chi connectivity index (χ3v) is 4.69. The number of hydrogen-bond acceptors (Lipinski definition) is 3. The van der Waals surface area contributed by atoms with Gasteiger partial charge in [-0.15, -0.1) is 11.8 Å². The zero-order chi connectivity index (χ0) is 16.8. The number of nitrogens with one attached hydrogen (secondary N) is 2. The minimum absolute atomic E-state index is 0.000980. The van der Waals surface area contributed by atoms with Gasteiger partial charge >= 0.3 is 0 Å². The number of anilines is 1. The van der Waals surface area contributed by atoms with Crippen molar-refractivity contribution in [1.29, 1.82) is 0 Å². The highest BCUT2D eigenvalue weighted by Crippen LogP contribution is 2.20. The second-order valence-electron chi connectivity index (χ2n) is 5.85. The molecular weight excluding hydrogens is 320 g/mol. The Morgan fingerprint density at radius 1 is 1.00 bits per heavy atom. The van der Waals surface area contributed by atoms with E-state index >= 15 is 0 Å². The molecule has 2 aromatic rings. The van der Waals surface area contributed by atoms with Gasteiger partial charge in [0.05, 0.1) is 5.75 Å². The summed E-state index contributed by atoms with van der Waals surface area (Å²) in [5.41, 5.74) is 2.61. The van der Waals surface area contributed by atoms with Crippen molar-refractivity contribution in [2.45, 2.75) is 24.6 Å². The SMILES string of the molecule is O=C(CSCc1ccc(C(=O)NC2CC2)cc1)Nc1ccccc1. The molecule has 0 atom stereocenters. The number of amides is 2. The second-order valence-corrected chi connectivity index (χ2v) is 6.84. The molecule has 1 aliphatic rings. The van der Waals surface area contributed by atoms with Gasteiger partial charge < -0.3 is 10.6 Å². The Hall–Kier alpha value is -2.27. The van der Waals surface area contributed by atoms with Crippen LogP contribution in [0.3, 0.4) is 0 Å². The minimum atomic E-state index is -0.00775. The number of hydrogen-bond donors (Lipinski definition) is 2. The summed E-state index contributed by atoms with van der Waals surface area (Å²) in [5, 5.41) is 5.84. The molecule has 4 nitrogen and oxygen atoms in total. The normalized spacial score (nSPS) is 13.3. The van der Waals surface area contributed by atoms with Gasteiger partial charge in [0.25, 0.3) is 5.91 Å². The molecule has 0 aromatic heterocycles. The molecule has 2 amide bonds. The number of benzene rings is 2. The molecule has 2 aromatic carbocycles. The zero-order valence-electron chi connectivity index (χ0n) is 13.3. The van der Waals surface area contributed by atoms with Crippen LogP contribution in [0.15, 0.2) is 54.6 Å². The van der Waals surface area contributed by atoms with Crippen molar-refractivity contribution in [3.05, 3.63) is 65.7 Å². The molecule has 124 valence electrons. The van der Waals surface area contributed by atoms with Gasteiger partial charge in [0, 0.05) is 23.0 Å². The van der Waals surface area contributed by atoms with Crippen LogP contribution in [-0.4, -0.2) is 23.6 Å². The molecule has 0 unspecified atom stereocenters. The lowest BCUT2D eigenvalue weighted by molar-refractivity contribution is -0.113. The largest absolute Gasteiger partial charge is 0.349 e. The van der Waals surface area contributed by atoms with Crippen molar-refractivity contribution >= 4 is 29.3 Å². The molecule has 0 bridgehead atoms. The van der Waals surface area contributed by atoms with Gasteiger partial charge in [-0.25, -0.2) is 0 Å². The first-order chi connectivity index (χ1) is 11.7. The molecule has 1 fully saturated rings. The van der Waals surface area contributed by atoms with Crippen LogP contribution in [0.4, 0.5) is 5.69 Å². The van der Waals surface area contributed by atoms with Gasteiger partial charge in [0.1, 0.15) is 0 Å². The fraction of sp³-hybridized carbons (Fsp3) is 0.263. The van der Waals surface area contributed by atoms with Crippen LogP contribution >= 0.6 is 11.8 Å². The maximum Gasteiger partial charge on any atom is 0.251 e. The number of carbonyl (C=O) groups excluding carboxylic acids is 2. The first-order valence-electron chi connectivity index (χ1n) is 8.03. The van der Waals surface area contributed by atoms with Gasteiger partial charge in [-0.1, -0.05) is 30.3 Å². The average Bonchev–Trinajstić information content (AvgIpc) is 3.40. The highest BCUT2D eigenvalue weighted by molar-refractivity contribution is 7.99. The molecule has 0 radical (unpaired) electrons. The fourth-order valence-electron chi connectivity index (χ4n) is 2.23. The molecule has 2 N–H and O–H groups in total. The lowest BCUT2D eigenvalue weighted by Gasteiger charge is -2.06. The van der Waals surface area contributed by atoms with Gasteiger partial charge in [-0.2, -0.15) is 0 Å². The molecule has 3 rings (SSSR count). The molecule has 5 heteroatoms. The minimum Gasteiger partial charge on any atom is -0.349 e. The third kappa shape index (κ3) is 5.13. The monoisotopic (exact) mass is 340 g/mol. The lowest BCUT2D eigenvalue weighted by Crippen LogP contribution is -2.25. The van der Waals surface area contributed by atoms with Gasteiger partial charge in [-0.3, -0.25) is 9.59 Å². The smallest absolute Gasteiger partial charge is 0.251 e. The Morgan fingerprint density at radius 3 is 2.38 bits per heavy atom. The molecule has 0 spiro atoms. The van der Waals surface area contributed by atoms with Crippen LogP contribution in [0.25, 0.3) is 0 Å². The molecule has 0 saturated heterocycles. The zero-order valence-corrected chi connectivity index (χ0v) is 14.1. The van der Waals surface area contributed by atoms with Crippen molar-refractivity contribution < 1.29 is 9.59 Å². The van der Waals surface area contributed by atoms with E-state index in [2.05, 4.69) is 10.6 Å². The van der Waals surface area contributed by atoms with E-state index in [0.29, 0.717) is 17.4 Å². The lowest BCUT2D eigenvalue weighted by atomic mass is 10.1. The first kappa shape index (κ1) is 16.6. The Bertz CT molecular complexity index is 697. The van der Waals surface area contributed by atoms with Crippen LogP contribution in [0, 0.1) is 0 Å². The number of thioether (sulfide) groups is 1. The molecule has 0 aliphatic heterocycles. The van der Waals surface area contributed by atoms with E-state index in [1.807, 2.05) is 54.6 Å². The van der Waals surface area contributed by atoms with Crippen LogP contribution in [-0.2, 0) is 10.5 Å². The maximum atomic E-state index is 11.9. The molecule has 0 heterocycles. The van der Waals surface area contributed by atoms with E-state index < -0.39 is 0 Å². The number of para-hydroxylation sites is 1. The summed E-state index contributed by atoms with van der Waals surface area (Å²) in [7, 11) is 0. The quantitative estimate of drug-likeness (QED) is 0.812. The van der Waals surface area contributed by atoms with Crippen LogP contribution in [0.1, 0.15) is 28.8 Å². The summed E-state index contributed by atoms with van der Waals surface area (Å²) in [4.78, 5) is 23.8. The van der Waals surface area contributed by atoms with E-state index in [0.717, 1.165) is 29.8 Å². The van der Waals surface area contributed by atoms with Crippen molar-refractivity contribution in [2.24, 2.45) is 0 Å². The highest BCUT2D eigenvalue weighted by atomic mass is 32.2. The van der Waals surface area contributed by atoms with Crippen molar-refractivity contribution in [3.63, 3.8) is 0 Å². The van der Waals surface area contributed by atoms with Crippen molar-refractivity contribution in [2.75, 3.05) is 11.1 Å². The van der Waals surface area contributed by atoms with E-state index in [-0.39, 0.29) is 11.8 Å². The van der Waals surface area contributed by atoms with E-state index in [9.17, 15) is 9.59 Å². The Morgan fingerprint density at radius 2 is 1.71 bits per heavy atom. The summed E-state index contributed by atoms with van der Waals surface area (Å²) in [6.45, 7) is 0. The van der Waals surface area contributed by atoms with Crippen LogP contribution < -0.4 is 10.6 Å². The maximum absolute atomic E-state index is 11.9. The highest BCUT2D eigenvalue weighted by Gasteiger charge is 2.23. The summed E-state index contributed by atoms with van der Waals surface area (Å²) in [5.74, 6) is 1.14. The fourth-order valence-corrected chi connectivity index (χ4v) is 3.02. The van der Waals surface area contributed by atoms with E-state index in [1.165, 1.54) is 0 Å². The topological polar surface area (TPSA) is 58.2 Å². The standard InChI is InChI=1S/C19H20N2O2S/c22-18(20-16-4-2-1-3-5-16)13-24-12-14-6-8-15(9-7-14)19(23)21-17-10-11-17/h1-9,17H,10-13H2,(H,20,22)(H,21,23). The predicted molar refractivity (Wildman–Crippen MR) is 98.2 cm³/mol. The van der Waals surface area contributed by atoms with Crippen molar-refractivity contribution in [1.82, 2.24) is 5.32 Å².